The van der Waals surface area contributed by atoms with Crippen LogP contribution in [0.1, 0.15) is 33.3 Å². The number of Topliss-reactive ketones (excluding diaryl/α,β-unsaturated/α-hetero) is 1. The van der Waals surface area contributed by atoms with E-state index in [2.05, 4.69) is 10.2 Å². The number of amides is 1. The molecule has 1 aliphatic heterocycles. The number of carbonyl (C=O) groups is 2. The van der Waals surface area contributed by atoms with Gasteiger partial charge in [0.25, 0.3) is 5.78 Å². The monoisotopic (exact) mass is 543 g/mol. The second-order valence-electron chi connectivity index (χ2n) is 8.94. The number of hydrogen-bond donors (Lipinski definition) is 2. The van der Waals surface area contributed by atoms with Crippen LogP contribution in [0.2, 0.25) is 0 Å². The number of nitrogens with zero attached hydrogens (tertiary/aromatic N) is 3. The van der Waals surface area contributed by atoms with Crippen LogP contribution in [0.5, 0.6) is 17.2 Å². The van der Waals surface area contributed by atoms with Gasteiger partial charge in [-0.2, -0.15) is 0 Å². The number of aromatic hydroxyl groups is 1. The predicted molar refractivity (Wildman–Crippen MR) is 146 cm³/mol. The van der Waals surface area contributed by atoms with E-state index in [0.29, 0.717) is 28.5 Å². The number of aryl methyl sites for hydroxylation is 2. The summed E-state index contributed by atoms with van der Waals surface area (Å²) in [7, 11) is 1.40. The Morgan fingerprint density at radius 3 is 2.44 bits per heavy atom. The molecule has 1 atom stereocenters. The van der Waals surface area contributed by atoms with E-state index < -0.39 is 17.7 Å². The summed E-state index contributed by atoms with van der Waals surface area (Å²) in [6.45, 7) is 4.13. The van der Waals surface area contributed by atoms with Crippen LogP contribution in [0.25, 0.3) is 5.76 Å². The molecule has 0 unspecified atom stereocenters. The SMILES string of the molecule is COc1cc([C@@H]2/C(=C(\O)c3ccc(OCc4ccccc4C)cc3)C(=O)C(=O)N2c2nnc(C)s2)ccc1O. The van der Waals surface area contributed by atoms with Crippen LogP contribution in [0.15, 0.2) is 72.3 Å². The lowest BCUT2D eigenvalue weighted by molar-refractivity contribution is -0.132. The van der Waals surface area contributed by atoms with Crippen LogP contribution in [-0.2, 0) is 16.2 Å². The molecule has 2 heterocycles. The highest BCUT2D eigenvalue weighted by atomic mass is 32.1. The summed E-state index contributed by atoms with van der Waals surface area (Å²) < 4.78 is 11.1. The van der Waals surface area contributed by atoms with Gasteiger partial charge in [-0.15, -0.1) is 10.2 Å². The molecule has 1 aromatic heterocycles. The van der Waals surface area contributed by atoms with E-state index in [4.69, 9.17) is 9.47 Å². The van der Waals surface area contributed by atoms with Crippen LogP contribution >= 0.6 is 11.3 Å². The van der Waals surface area contributed by atoms with Crippen molar-refractivity contribution >= 4 is 33.9 Å². The van der Waals surface area contributed by atoms with Crippen molar-refractivity contribution in [2.24, 2.45) is 0 Å². The molecule has 1 aliphatic rings. The van der Waals surface area contributed by atoms with Gasteiger partial charge in [0.2, 0.25) is 5.13 Å². The van der Waals surface area contributed by atoms with Crippen LogP contribution in [-0.4, -0.2) is 39.2 Å². The predicted octanol–water partition coefficient (Wildman–Crippen LogP) is 5.07. The molecule has 0 saturated carbocycles. The zero-order valence-electron chi connectivity index (χ0n) is 21.4. The second kappa shape index (κ2) is 10.6. The maximum atomic E-state index is 13.3. The number of ketones is 1. The molecular weight excluding hydrogens is 518 g/mol. The van der Waals surface area contributed by atoms with Gasteiger partial charge in [-0.25, -0.2) is 0 Å². The van der Waals surface area contributed by atoms with Gasteiger partial charge < -0.3 is 19.7 Å². The first-order chi connectivity index (χ1) is 18.8. The van der Waals surface area contributed by atoms with E-state index in [1.54, 1.807) is 37.3 Å². The Balaban J connectivity index is 1.53. The Kier molecular flexibility index (Phi) is 7.03. The number of rotatable bonds is 7. The van der Waals surface area contributed by atoms with Crippen molar-refractivity contribution in [3.63, 3.8) is 0 Å². The van der Waals surface area contributed by atoms with Crippen LogP contribution in [0.3, 0.4) is 0 Å². The molecule has 0 bridgehead atoms. The summed E-state index contributed by atoms with van der Waals surface area (Å²) in [4.78, 5) is 27.8. The first kappa shape index (κ1) is 25.9. The number of hydrogen-bond acceptors (Lipinski definition) is 9. The van der Waals surface area contributed by atoms with E-state index >= 15 is 0 Å². The third kappa shape index (κ3) is 4.94. The number of phenols is 1. The van der Waals surface area contributed by atoms with Crippen molar-refractivity contribution in [1.82, 2.24) is 10.2 Å². The van der Waals surface area contributed by atoms with Crippen molar-refractivity contribution < 1.29 is 29.3 Å². The highest BCUT2D eigenvalue weighted by Crippen LogP contribution is 2.44. The summed E-state index contributed by atoms with van der Waals surface area (Å²) >= 11 is 1.15. The summed E-state index contributed by atoms with van der Waals surface area (Å²) in [6.07, 6.45) is 0. The zero-order chi connectivity index (χ0) is 27.7. The molecule has 3 aromatic carbocycles. The molecule has 0 spiro atoms. The Morgan fingerprint density at radius 2 is 1.77 bits per heavy atom. The number of anilines is 1. The molecule has 10 heteroatoms. The molecule has 2 N–H and O–H groups in total. The fourth-order valence-corrected chi connectivity index (χ4v) is 5.10. The third-order valence-electron chi connectivity index (χ3n) is 6.47. The molecule has 198 valence electrons. The van der Waals surface area contributed by atoms with Gasteiger partial charge in [0.1, 0.15) is 23.1 Å². The van der Waals surface area contributed by atoms with Gasteiger partial charge in [0.15, 0.2) is 11.5 Å². The minimum Gasteiger partial charge on any atom is -0.507 e. The average Bonchev–Trinajstić information content (AvgIpc) is 3.48. The lowest BCUT2D eigenvalue weighted by atomic mass is 9.95. The Labute approximate surface area is 228 Å². The van der Waals surface area contributed by atoms with Gasteiger partial charge in [0.05, 0.1) is 18.7 Å². The van der Waals surface area contributed by atoms with Gasteiger partial charge in [-0.3, -0.25) is 14.5 Å². The highest BCUT2D eigenvalue weighted by molar-refractivity contribution is 7.15. The molecular formula is C29H25N3O6S. The van der Waals surface area contributed by atoms with Crippen molar-refractivity contribution in [1.29, 1.82) is 0 Å². The van der Waals surface area contributed by atoms with Gasteiger partial charge in [-0.1, -0.05) is 41.7 Å². The summed E-state index contributed by atoms with van der Waals surface area (Å²) in [5.41, 5.74) is 2.83. The molecule has 1 saturated heterocycles. The minimum atomic E-state index is -1.02. The van der Waals surface area contributed by atoms with Crippen molar-refractivity contribution in [2.45, 2.75) is 26.5 Å². The number of aliphatic hydroxyl groups excluding tert-OH is 1. The Morgan fingerprint density at radius 1 is 1.03 bits per heavy atom. The lowest BCUT2D eigenvalue weighted by Crippen LogP contribution is -2.29. The average molecular weight is 544 g/mol. The Bertz CT molecular complexity index is 1590. The molecule has 39 heavy (non-hydrogen) atoms. The number of benzene rings is 3. The fourth-order valence-electron chi connectivity index (χ4n) is 4.39. The molecule has 0 radical (unpaired) electrons. The van der Waals surface area contributed by atoms with Crippen LogP contribution < -0.4 is 14.4 Å². The quantitative estimate of drug-likeness (QED) is 0.188. The van der Waals surface area contributed by atoms with Gasteiger partial charge >= 0.3 is 5.91 Å². The molecule has 9 nitrogen and oxygen atoms in total. The Hall–Kier alpha value is -4.70. The summed E-state index contributed by atoms with van der Waals surface area (Å²) in [6, 6.07) is 18.0. The molecule has 5 rings (SSSR count). The largest absolute Gasteiger partial charge is 0.507 e. The molecule has 1 fully saturated rings. The van der Waals surface area contributed by atoms with Crippen LogP contribution in [0, 0.1) is 13.8 Å². The molecule has 1 amide bonds. The normalized spacial score (nSPS) is 16.5. The van der Waals surface area contributed by atoms with Crippen molar-refractivity contribution in [2.75, 3.05) is 12.0 Å². The van der Waals surface area contributed by atoms with E-state index in [1.807, 2.05) is 31.2 Å². The number of aromatic nitrogens is 2. The minimum absolute atomic E-state index is 0.105. The number of ether oxygens (including phenoxy) is 2. The van der Waals surface area contributed by atoms with E-state index in [9.17, 15) is 19.8 Å². The van der Waals surface area contributed by atoms with Crippen LogP contribution in [0.4, 0.5) is 5.13 Å². The highest BCUT2D eigenvalue weighted by Gasteiger charge is 2.48. The number of methoxy groups -OCH3 is 1. The van der Waals surface area contributed by atoms with E-state index in [1.165, 1.54) is 24.1 Å². The smallest absolute Gasteiger partial charge is 0.301 e. The van der Waals surface area contributed by atoms with E-state index in [0.717, 1.165) is 22.5 Å². The maximum absolute atomic E-state index is 13.3. The van der Waals surface area contributed by atoms with E-state index in [-0.39, 0.29) is 28.0 Å². The first-order valence-electron chi connectivity index (χ1n) is 12.0. The zero-order valence-corrected chi connectivity index (χ0v) is 22.2. The van der Waals surface area contributed by atoms with Crippen molar-refractivity contribution in [3.05, 3.63) is 99.6 Å². The maximum Gasteiger partial charge on any atom is 0.301 e. The second-order valence-corrected chi connectivity index (χ2v) is 10.1. The van der Waals surface area contributed by atoms with Gasteiger partial charge in [-0.05, 0) is 66.9 Å². The topological polar surface area (TPSA) is 122 Å². The van der Waals surface area contributed by atoms with Gasteiger partial charge in [0, 0.05) is 5.56 Å². The molecule has 0 aliphatic carbocycles. The third-order valence-corrected chi connectivity index (χ3v) is 7.31. The lowest BCUT2D eigenvalue weighted by Gasteiger charge is -2.23. The molecule has 4 aromatic rings. The number of aliphatic hydroxyl groups is 1. The first-order valence-corrected chi connectivity index (χ1v) is 12.9. The van der Waals surface area contributed by atoms with Crippen molar-refractivity contribution in [3.8, 4) is 17.2 Å². The standard InChI is InChI=1S/C29H25N3O6S/c1-16-6-4-5-7-20(16)15-38-21-11-8-18(9-12-21)26(34)24-25(19-10-13-22(33)23(14-19)37-3)32(28(36)27(24)35)29-31-30-17(2)39-29/h4-14,25,33-34H,15H2,1-3H3/b26-24+/t25-/m1/s1. The number of phenolic OH excluding ortho intramolecular Hbond substituents is 1. The summed E-state index contributed by atoms with van der Waals surface area (Å²) in [5, 5.41) is 30.3. The fraction of sp³-hybridized carbons (Fsp3) is 0.172. The number of carbonyl (C=O) groups excluding carboxylic acids is 2. The summed E-state index contributed by atoms with van der Waals surface area (Å²) in [5.74, 6) is -1.42.